The summed E-state index contributed by atoms with van der Waals surface area (Å²) >= 11 is 0. The largest absolute Gasteiger partial charge is 0.375 e. The van der Waals surface area contributed by atoms with Gasteiger partial charge < -0.3 is 10.5 Å². The summed E-state index contributed by atoms with van der Waals surface area (Å²) in [6.07, 6.45) is 1.91. The summed E-state index contributed by atoms with van der Waals surface area (Å²) in [7, 11) is 0. The lowest BCUT2D eigenvalue weighted by Gasteiger charge is -2.26. The first-order chi connectivity index (χ1) is 8.02. The first-order valence-corrected chi connectivity index (χ1v) is 6.44. The van der Waals surface area contributed by atoms with Crippen molar-refractivity contribution in [3.63, 3.8) is 0 Å². The number of hydrogen-bond acceptors (Lipinski definition) is 2. The van der Waals surface area contributed by atoms with Crippen molar-refractivity contribution in [3.05, 3.63) is 34.9 Å². The SMILES string of the molecule is CCC(N)(CC)COCc1c(C)cccc1C. The van der Waals surface area contributed by atoms with Gasteiger partial charge >= 0.3 is 0 Å². The van der Waals surface area contributed by atoms with Crippen LogP contribution in [0, 0.1) is 13.8 Å². The van der Waals surface area contributed by atoms with Crippen molar-refractivity contribution < 1.29 is 4.74 Å². The number of nitrogens with two attached hydrogens (primary N) is 1. The van der Waals surface area contributed by atoms with Crippen LogP contribution in [0.1, 0.15) is 43.4 Å². The van der Waals surface area contributed by atoms with Gasteiger partial charge in [-0.3, -0.25) is 0 Å². The average molecular weight is 235 g/mol. The molecule has 0 fully saturated rings. The Morgan fingerprint density at radius 2 is 1.65 bits per heavy atom. The summed E-state index contributed by atoms with van der Waals surface area (Å²) in [5.74, 6) is 0. The molecule has 0 atom stereocenters. The Bertz CT molecular complexity index is 336. The van der Waals surface area contributed by atoms with Gasteiger partial charge in [0.2, 0.25) is 0 Å². The van der Waals surface area contributed by atoms with Crippen LogP contribution in [-0.2, 0) is 11.3 Å². The van der Waals surface area contributed by atoms with Crippen LogP contribution in [0.2, 0.25) is 0 Å². The summed E-state index contributed by atoms with van der Waals surface area (Å²) in [4.78, 5) is 0. The molecular formula is C15H25NO. The molecule has 0 aliphatic carbocycles. The topological polar surface area (TPSA) is 35.2 Å². The molecule has 0 bridgehead atoms. The van der Waals surface area contributed by atoms with Gasteiger partial charge in [0.25, 0.3) is 0 Å². The Balaban J connectivity index is 2.57. The van der Waals surface area contributed by atoms with Gasteiger partial charge in [-0.25, -0.2) is 0 Å². The quantitative estimate of drug-likeness (QED) is 0.820. The van der Waals surface area contributed by atoms with E-state index in [1.54, 1.807) is 0 Å². The molecule has 2 N–H and O–H groups in total. The fourth-order valence-electron chi connectivity index (χ4n) is 1.89. The first kappa shape index (κ1) is 14.2. The Morgan fingerprint density at radius 1 is 1.12 bits per heavy atom. The van der Waals surface area contributed by atoms with Gasteiger partial charge in [-0.1, -0.05) is 32.0 Å². The highest BCUT2D eigenvalue weighted by atomic mass is 16.5. The summed E-state index contributed by atoms with van der Waals surface area (Å²) in [6.45, 7) is 9.78. The van der Waals surface area contributed by atoms with Crippen molar-refractivity contribution in [3.8, 4) is 0 Å². The van der Waals surface area contributed by atoms with E-state index in [-0.39, 0.29) is 5.54 Å². The second-order valence-corrected chi connectivity index (χ2v) is 4.93. The Morgan fingerprint density at radius 3 is 2.12 bits per heavy atom. The summed E-state index contributed by atoms with van der Waals surface area (Å²) in [5.41, 5.74) is 9.92. The summed E-state index contributed by atoms with van der Waals surface area (Å²) in [5, 5.41) is 0. The lowest BCUT2D eigenvalue weighted by atomic mass is 9.95. The maximum Gasteiger partial charge on any atom is 0.0722 e. The van der Waals surface area contributed by atoms with Gasteiger partial charge in [0.15, 0.2) is 0 Å². The number of ether oxygens (including phenoxy) is 1. The van der Waals surface area contributed by atoms with E-state index in [0.717, 1.165) is 12.8 Å². The summed E-state index contributed by atoms with van der Waals surface area (Å²) < 4.78 is 5.80. The van der Waals surface area contributed by atoms with Crippen LogP contribution in [0.5, 0.6) is 0 Å². The Hall–Kier alpha value is -0.860. The molecule has 1 rings (SSSR count). The van der Waals surface area contributed by atoms with Gasteiger partial charge in [-0.2, -0.15) is 0 Å². The molecule has 0 spiro atoms. The van der Waals surface area contributed by atoms with Gasteiger partial charge in [0, 0.05) is 5.54 Å². The van der Waals surface area contributed by atoms with Crippen LogP contribution in [0.4, 0.5) is 0 Å². The predicted octanol–water partition coefficient (Wildman–Crippen LogP) is 3.34. The lowest BCUT2D eigenvalue weighted by Crippen LogP contribution is -2.43. The molecule has 0 saturated heterocycles. The molecule has 1 aromatic carbocycles. The normalized spacial score (nSPS) is 11.8. The van der Waals surface area contributed by atoms with Crippen molar-refractivity contribution in [2.45, 2.75) is 52.7 Å². The average Bonchev–Trinajstić information content (AvgIpc) is 2.32. The van der Waals surface area contributed by atoms with E-state index in [0.29, 0.717) is 13.2 Å². The molecule has 0 aliphatic rings. The molecule has 0 amide bonds. The maximum absolute atomic E-state index is 6.21. The standard InChI is InChI=1S/C15H25NO/c1-5-15(16,6-2)11-17-10-14-12(3)8-7-9-13(14)4/h7-9H,5-6,10-11,16H2,1-4H3. The van der Waals surface area contributed by atoms with Gasteiger partial charge in [-0.15, -0.1) is 0 Å². The third-order valence-electron chi connectivity index (χ3n) is 3.69. The van der Waals surface area contributed by atoms with E-state index in [2.05, 4.69) is 45.9 Å². The zero-order valence-electron chi connectivity index (χ0n) is 11.5. The number of aryl methyl sites for hydroxylation is 2. The van der Waals surface area contributed by atoms with E-state index in [1.165, 1.54) is 16.7 Å². The molecule has 96 valence electrons. The number of hydrogen-bond donors (Lipinski definition) is 1. The van der Waals surface area contributed by atoms with Crippen LogP contribution < -0.4 is 5.73 Å². The molecule has 0 unspecified atom stereocenters. The minimum absolute atomic E-state index is 0.170. The summed E-state index contributed by atoms with van der Waals surface area (Å²) in [6, 6.07) is 6.33. The van der Waals surface area contributed by atoms with E-state index in [9.17, 15) is 0 Å². The lowest BCUT2D eigenvalue weighted by molar-refractivity contribution is 0.0691. The van der Waals surface area contributed by atoms with Crippen LogP contribution >= 0.6 is 0 Å². The zero-order chi connectivity index (χ0) is 12.9. The van der Waals surface area contributed by atoms with Gasteiger partial charge in [0.05, 0.1) is 13.2 Å². The van der Waals surface area contributed by atoms with Crippen molar-refractivity contribution in [1.82, 2.24) is 0 Å². The fourth-order valence-corrected chi connectivity index (χ4v) is 1.89. The van der Waals surface area contributed by atoms with Crippen LogP contribution in [0.15, 0.2) is 18.2 Å². The molecule has 0 aromatic heterocycles. The number of rotatable bonds is 6. The van der Waals surface area contributed by atoms with E-state index >= 15 is 0 Å². The van der Waals surface area contributed by atoms with Crippen molar-refractivity contribution in [2.75, 3.05) is 6.61 Å². The Kier molecular flexibility index (Phi) is 5.16. The highest BCUT2D eigenvalue weighted by molar-refractivity contribution is 5.32. The minimum atomic E-state index is -0.170. The van der Waals surface area contributed by atoms with Crippen molar-refractivity contribution in [2.24, 2.45) is 5.73 Å². The third-order valence-corrected chi connectivity index (χ3v) is 3.69. The molecule has 0 saturated carbocycles. The highest BCUT2D eigenvalue weighted by Crippen LogP contribution is 2.17. The number of benzene rings is 1. The molecule has 1 aromatic rings. The van der Waals surface area contributed by atoms with E-state index < -0.39 is 0 Å². The molecule has 2 nitrogen and oxygen atoms in total. The van der Waals surface area contributed by atoms with E-state index in [1.807, 2.05) is 0 Å². The smallest absolute Gasteiger partial charge is 0.0722 e. The third kappa shape index (κ3) is 3.83. The molecular weight excluding hydrogens is 210 g/mol. The van der Waals surface area contributed by atoms with Gasteiger partial charge in [0.1, 0.15) is 0 Å². The van der Waals surface area contributed by atoms with Gasteiger partial charge in [-0.05, 0) is 43.4 Å². The minimum Gasteiger partial charge on any atom is -0.375 e. The highest BCUT2D eigenvalue weighted by Gasteiger charge is 2.20. The van der Waals surface area contributed by atoms with E-state index in [4.69, 9.17) is 10.5 Å². The Labute approximate surface area is 105 Å². The fraction of sp³-hybridized carbons (Fsp3) is 0.600. The molecule has 2 heteroatoms. The second-order valence-electron chi connectivity index (χ2n) is 4.93. The monoisotopic (exact) mass is 235 g/mol. The van der Waals surface area contributed by atoms with Crippen molar-refractivity contribution >= 4 is 0 Å². The second kappa shape index (κ2) is 6.18. The zero-order valence-corrected chi connectivity index (χ0v) is 11.5. The van der Waals surface area contributed by atoms with Crippen molar-refractivity contribution in [1.29, 1.82) is 0 Å². The first-order valence-electron chi connectivity index (χ1n) is 6.44. The maximum atomic E-state index is 6.21. The van der Waals surface area contributed by atoms with Crippen LogP contribution in [-0.4, -0.2) is 12.1 Å². The molecule has 0 radical (unpaired) electrons. The molecule has 17 heavy (non-hydrogen) atoms. The molecule has 0 heterocycles. The van der Waals surface area contributed by atoms with Crippen LogP contribution in [0.25, 0.3) is 0 Å². The van der Waals surface area contributed by atoms with Crippen LogP contribution in [0.3, 0.4) is 0 Å². The molecule has 0 aliphatic heterocycles. The predicted molar refractivity (Wildman–Crippen MR) is 73.1 cm³/mol.